The van der Waals surface area contributed by atoms with Crippen LogP contribution in [0.3, 0.4) is 0 Å². The SMILES string of the molecule is NC1(OC(=O)C(=O)OC2(N)CCC2)CCCC1. The topological polar surface area (TPSA) is 105 Å². The second kappa shape index (κ2) is 4.27. The van der Waals surface area contributed by atoms with Crippen LogP contribution in [0.5, 0.6) is 0 Å². The zero-order chi connectivity index (χ0) is 12.5. The van der Waals surface area contributed by atoms with Crippen LogP contribution in [0.15, 0.2) is 0 Å². The summed E-state index contributed by atoms with van der Waals surface area (Å²) < 4.78 is 9.88. The van der Waals surface area contributed by atoms with Gasteiger partial charge in [0.1, 0.15) is 0 Å². The summed E-state index contributed by atoms with van der Waals surface area (Å²) in [6.07, 6.45) is 5.04. The van der Waals surface area contributed by atoms with Crippen molar-refractivity contribution >= 4 is 11.9 Å². The lowest BCUT2D eigenvalue weighted by Crippen LogP contribution is -2.52. The summed E-state index contributed by atoms with van der Waals surface area (Å²) in [5.74, 6) is -2.07. The van der Waals surface area contributed by atoms with Crippen LogP contribution in [0.1, 0.15) is 44.9 Å². The number of carbonyl (C=O) groups is 2. The van der Waals surface area contributed by atoms with E-state index < -0.39 is 23.4 Å². The van der Waals surface area contributed by atoms with Crippen LogP contribution < -0.4 is 11.5 Å². The highest BCUT2D eigenvalue weighted by atomic mass is 16.6. The number of ether oxygens (including phenoxy) is 2. The van der Waals surface area contributed by atoms with Crippen molar-refractivity contribution in [2.24, 2.45) is 11.5 Å². The Balaban J connectivity index is 1.85. The quantitative estimate of drug-likeness (QED) is 0.405. The molecule has 0 unspecified atom stereocenters. The Morgan fingerprint density at radius 1 is 0.765 bits per heavy atom. The first kappa shape index (κ1) is 12.3. The van der Waals surface area contributed by atoms with Gasteiger partial charge in [0.25, 0.3) is 0 Å². The monoisotopic (exact) mass is 242 g/mol. The Kier molecular flexibility index (Phi) is 3.09. The highest BCUT2D eigenvalue weighted by Crippen LogP contribution is 2.31. The summed E-state index contributed by atoms with van der Waals surface area (Å²) in [5, 5.41) is 0. The van der Waals surface area contributed by atoms with Gasteiger partial charge in [-0.3, -0.25) is 11.5 Å². The third-order valence-corrected chi connectivity index (χ3v) is 3.41. The number of hydrogen-bond acceptors (Lipinski definition) is 6. The van der Waals surface area contributed by atoms with E-state index in [2.05, 4.69) is 0 Å². The second-order valence-electron chi connectivity index (χ2n) is 4.97. The number of esters is 2. The largest absolute Gasteiger partial charge is 0.436 e. The predicted octanol–water partition coefficient (Wildman–Crippen LogP) is 0.141. The van der Waals surface area contributed by atoms with Crippen LogP contribution >= 0.6 is 0 Å². The maximum Gasteiger partial charge on any atom is 0.419 e. The molecular formula is C11H18N2O4. The molecule has 96 valence electrons. The molecule has 2 rings (SSSR count). The van der Waals surface area contributed by atoms with E-state index in [0.717, 1.165) is 19.3 Å². The highest BCUT2D eigenvalue weighted by molar-refractivity contribution is 6.29. The summed E-state index contributed by atoms with van der Waals surface area (Å²) in [6, 6.07) is 0. The molecule has 0 aliphatic heterocycles. The number of nitrogens with two attached hydrogens (primary N) is 2. The van der Waals surface area contributed by atoms with Gasteiger partial charge < -0.3 is 9.47 Å². The van der Waals surface area contributed by atoms with Crippen LogP contribution in [0.4, 0.5) is 0 Å². The Morgan fingerprint density at radius 3 is 1.41 bits per heavy atom. The van der Waals surface area contributed by atoms with Gasteiger partial charge in [-0.1, -0.05) is 0 Å². The van der Waals surface area contributed by atoms with Gasteiger partial charge in [0, 0.05) is 25.7 Å². The number of rotatable bonds is 2. The molecule has 0 amide bonds. The fourth-order valence-corrected chi connectivity index (χ4v) is 2.16. The molecule has 0 aromatic carbocycles. The molecular weight excluding hydrogens is 224 g/mol. The Labute approximate surface area is 99.6 Å². The lowest BCUT2D eigenvalue weighted by Gasteiger charge is -2.36. The van der Waals surface area contributed by atoms with Crippen molar-refractivity contribution in [3.63, 3.8) is 0 Å². The molecule has 4 N–H and O–H groups in total. The summed E-state index contributed by atoms with van der Waals surface area (Å²) >= 11 is 0. The summed E-state index contributed by atoms with van der Waals surface area (Å²) in [4.78, 5) is 22.9. The van der Waals surface area contributed by atoms with Gasteiger partial charge in [-0.2, -0.15) is 0 Å². The van der Waals surface area contributed by atoms with E-state index in [4.69, 9.17) is 20.9 Å². The summed E-state index contributed by atoms with van der Waals surface area (Å²) in [6.45, 7) is 0. The average molecular weight is 242 g/mol. The zero-order valence-electron chi connectivity index (χ0n) is 9.74. The van der Waals surface area contributed by atoms with Crippen LogP contribution in [0.2, 0.25) is 0 Å². The van der Waals surface area contributed by atoms with Gasteiger partial charge in [-0.15, -0.1) is 0 Å². The van der Waals surface area contributed by atoms with E-state index >= 15 is 0 Å². The van der Waals surface area contributed by atoms with E-state index in [-0.39, 0.29) is 0 Å². The average Bonchev–Trinajstić information content (AvgIpc) is 2.62. The molecule has 0 aromatic heterocycles. The van der Waals surface area contributed by atoms with Crippen molar-refractivity contribution in [1.82, 2.24) is 0 Å². The molecule has 0 heterocycles. The molecule has 0 spiro atoms. The standard InChI is InChI=1S/C11H18N2O4/c12-10(4-1-2-5-10)16-8(14)9(15)17-11(13)6-3-7-11/h1-7,12-13H2. The molecule has 0 saturated heterocycles. The lowest BCUT2D eigenvalue weighted by molar-refractivity contribution is -0.190. The first-order valence-electron chi connectivity index (χ1n) is 5.97. The lowest BCUT2D eigenvalue weighted by atomic mass is 9.89. The smallest absolute Gasteiger partial charge is 0.419 e. The molecule has 17 heavy (non-hydrogen) atoms. The second-order valence-corrected chi connectivity index (χ2v) is 4.97. The fourth-order valence-electron chi connectivity index (χ4n) is 2.16. The molecule has 0 atom stereocenters. The van der Waals surface area contributed by atoms with E-state index in [1.54, 1.807) is 0 Å². The number of carbonyl (C=O) groups excluding carboxylic acids is 2. The summed E-state index contributed by atoms with van der Waals surface area (Å²) in [7, 11) is 0. The van der Waals surface area contributed by atoms with Gasteiger partial charge in [-0.05, 0) is 19.3 Å². The molecule has 2 fully saturated rings. The molecule has 0 radical (unpaired) electrons. The van der Waals surface area contributed by atoms with Crippen molar-refractivity contribution < 1.29 is 19.1 Å². The predicted molar refractivity (Wildman–Crippen MR) is 58.3 cm³/mol. The van der Waals surface area contributed by atoms with E-state index in [1.807, 2.05) is 0 Å². The van der Waals surface area contributed by atoms with Crippen molar-refractivity contribution in [2.75, 3.05) is 0 Å². The fraction of sp³-hybridized carbons (Fsp3) is 0.818. The Morgan fingerprint density at radius 2 is 1.12 bits per heavy atom. The maximum absolute atomic E-state index is 11.5. The van der Waals surface area contributed by atoms with Crippen molar-refractivity contribution in [3.8, 4) is 0 Å². The van der Waals surface area contributed by atoms with Crippen molar-refractivity contribution in [2.45, 2.75) is 56.4 Å². The van der Waals surface area contributed by atoms with Crippen LogP contribution in [-0.2, 0) is 19.1 Å². The van der Waals surface area contributed by atoms with Gasteiger partial charge in [0.05, 0.1) is 0 Å². The zero-order valence-corrected chi connectivity index (χ0v) is 9.74. The minimum atomic E-state index is -1.04. The molecule has 6 nitrogen and oxygen atoms in total. The van der Waals surface area contributed by atoms with Crippen LogP contribution in [-0.4, -0.2) is 23.4 Å². The van der Waals surface area contributed by atoms with Gasteiger partial charge >= 0.3 is 11.9 Å². The first-order valence-corrected chi connectivity index (χ1v) is 5.97. The van der Waals surface area contributed by atoms with Gasteiger partial charge in [0.15, 0.2) is 11.4 Å². The molecule has 2 saturated carbocycles. The third-order valence-electron chi connectivity index (χ3n) is 3.41. The molecule has 0 bridgehead atoms. The number of hydrogen-bond donors (Lipinski definition) is 2. The highest BCUT2D eigenvalue weighted by Gasteiger charge is 2.41. The maximum atomic E-state index is 11.5. The third kappa shape index (κ3) is 2.76. The van der Waals surface area contributed by atoms with Crippen molar-refractivity contribution in [3.05, 3.63) is 0 Å². The Hall–Kier alpha value is -1.14. The Bertz CT molecular complexity index is 332. The first-order chi connectivity index (χ1) is 7.93. The minimum absolute atomic E-state index is 0.583. The van der Waals surface area contributed by atoms with E-state index in [1.165, 1.54) is 0 Å². The normalized spacial score (nSPS) is 24.8. The van der Waals surface area contributed by atoms with Crippen LogP contribution in [0.25, 0.3) is 0 Å². The molecule has 2 aliphatic rings. The molecule has 2 aliphatic carbocycles. The van der Waals surface area contributed by atoms with E-state index in [0.29, 0.717) is 25.7 Å². The minimum Gasteiger partial charge on any atom is -0.436 e. The molecule has 6 heteroatoms. The summed E-state index contributed by atoms with van der Waals surface area (Å²) in [5.41, 5.74) is 9.55. The van der Waals surface area contributed by atoms with Crippen LogP contribution in [0, 0.1) is 0 Å². The molecule has 0 aromatic rings. The van der Waals surface area contributed by atoms with Gasteiger partial charge in [0.2, 0.25) is 0 Å². The van der Waals surface area contributed by atoms with Crippen molar-refractivity contribution in [1.29, 1.82) is 0 Å². The van der Waals surface area contributed by atoms with Gasteiger partial charge in [-0.25, -0.2) is 9.59 Å². The van der Waals surface area contributed by atoms with E-state index in [9.17, 15) is 9.59 Å².